The zero-order chi connectivity index (χ0) is 19.4. The normalized spacial score (nSPS) is 22.2. The van der Waals surface area contributed by atoms with Crippen molar-refractivity contribution in [2.45, 2.75) is 38.7 Å². The Balaban J connectivity index is 1.78. The van der Waals surface area contributed by atoms with E-state index in [0.29, 0.717) is 29.8 Å². The van der Waals surface area contributed by atoms with Crippen molar-refractivity contribution < 1.29 is 5.11 Å². The minimum atomic E-state index is -0.532. The summed E-state index contributed by atoms with van der Waals surface area (Å²) in [6.45, 7) is 5.03. The summed E-state index contributed by atoms with van der Waals surface area (Å²) in [6.07, 6.45) is 4.70. The van der Waals surface area contributed by atoms with E-state index < -0.39 is 5.62 Å². The number of nitrogens with one attached hydrogen (secondary N) is 2. The maximum Gasteiger partial charge on any atom is 0.197 e. The lowest BCUT2D eigenvalue weighted by atomic mass is 9.90. The number of phenols is 1. The summed E-state index contributed by atoms with van der Waals surface area (Å²) in [5, 5.41) is 25.7. The van der Waals surface area contributed by atoms with Gasteiger partial charge >= 0.3 is 0 Å². The summed E-state index contributed by atoms with van der Waals surface area (Å²) >= 11 is 6.28. The highest BCUT2D eigenvalue weighted by Crippen LogP contribution is 2.32. The van der Waals surface area contributed by atoms with Crippen molar-refractivity contribution >= 4 is 17.4 Å². The Morgan fingerprint density at radius 3 is 2.78 bits per heavy atom. The highest BCUT2D eigenvalue weighted by molar-refractivity contribution is 6.22. The van der Waals surface area contributed by atoms with Crippen LogP contribution in [0, 0.1) is 23.2 Å². The Hall–Kier alpha value is -2.45. The molecule has 2 aliphatic rings. The van der Waals surface area contributed by atoms with Gasteiger partial charge in [0.15, 0.2) is 5.62 Å². The fourth-order valence-corrected chi connectivity index (χ4v) is 3.72. The molecule has 5 nitrogen and oxygen atoms in total. The number of phenolic OH excluding ortho intramolecular Hbond substituents is 1. The van der Waals surface area contributed by atoms with Gasteiger partial charge in [-0.1, -0.05) is 43.7 Å². The fraction of sp³-hybridized carbons (Fsp3) is 0.429. The zero-order valence-corrected chi connectivity index (χ0v) is 16.4. The molecule has 0 amide bonds. The van der Waals surface area contributed by atoms with Gasteiger partial charge in [0.2, 0.25) is 0 Å². The van der Waals surface area contributed by atoms with Gasteiger partial charge in [-0.3, -0.25) is 0 Å². The van der Waals surface area contributed by atoms with Gasteiger partial charge in [-0.25, -0.2) is 4.99 Å². The summed E-state index contributed by atoms with van der Waals surface area (Å²) in [7, 11) is 0. The van der Waals surface area contributed by atoms with Crippen LogP contribution in [0.3, 0.4) is 0 Å². The van der Waals surface area contributed by atoms with Crippen LogP contribution >= 0.6 is 11.6 Å². The average molecular weight is 385 g/mol. The third-order valence-corrected chi connectivity index (χ3v) is 5.28. The van der Waals surface area contributed by atoms with Crippen LogP contribution < -0.4 is 10.6 Å². The number of nitriles is 1. The van der Waals surface area contributed by atoms with Crippen LogP contribution in [0.15, 0.2) is 52.2 Å². The monoisotopic (exact) mass is 384 g/mol. The summed E-state index contributed by atoms with van der Waals surface area (Å²) in [4.78, 5) is 4.49. The van der Waals surface area contributed by atoms with Gasteiger partial charge in [0, 0.05) is 12.2 Å². The van der Waals surface area contributed by atoms with Crippen LogP contribution in [0.1, 0.15) is 32.3 Å². The van der Waals surface area contributed by atoms with Crippen molar-refractivity contribution in [3.8, 4) is 11.8 Å². The lowest BCUT2D eigenvalue weighted by Crippen LogP contribution is -2.38. The van der Waals surface area contributed by atoms with E-state index in [4.69, 9.17) is 11.6 Å². The van der Waals surface area contributed by atoms with Crippen LogP contribution in [0.25, 0.3) is 0 Å². The minimum Gasteiger partial charge on any atom is -0.508 e. The molecule has 6 heteroatoms. The third-order valence-electron chi connectivity index (χ3n) is 5.07. The van der Waals surface area contributed by atoms with Crippen molar-refractivity contribution in [3.63, 3.8) is 0 Å². The molecule has 1 aliphatic heterocycles. The minimum absolute atomic E-state index is 0.260. The molecule has 2 atom stereocenters. The standard InChI is InChI=1S/C21H25ClN4O/c1-13(2)15-5-8-18-19(16(11-15)12-23)20(26-21(22)25-18)24-10-9-14-3-6-17(27)7-4-14/h3-4,6-7,11,13,15,21,25,27H,5,8-10H2,1-2H3,(H,24,26). The first-order valence-electron chi connectivity index (χ1n) is 9.34. The molecule has 0 spiro atoms. The Labute approximate surface area is 165 Å². The molecule has 0 aromatic heterocycles. The maximum atomic E-state index is 9.75. The van der Waals surface area contributed by atoms with Crippen molar-refractivity contribution in [1.82, 2.24) is 10.6 Å². The van der Waals surface area contributed by atoms with Crippen molar-refractivity contribution in [1.29, 1.82) is 5.26 Å². The van der Waals surface area contributed by atoms with Gasteiger partial charge in [-0.15, -0.1) is 0 Å². The summed E-state index contributed by atoms with van der Waals surface area (Å²) in [5.74, 6) is 1.78. The van der Waals surface area contributed by atoms with Gasteiger partial charge in [0.25, 0.3) is 0 Å². The molecule has 1 aromatic carbocycles. The molecule has 3 N–H and O–H groups in total. The molecule has 3 rings (SSSR count). The van der Waals surface area contributed by atoms with Crippen molar-refractivity contribution in [2.75, 3.05) is 6.54 Å². The quantitative estimate of drug-likeness (QED) is 0.544. The van der Waals surface area contributed by atoms with Crippen LogP contribution in [-0.2, 0) is 6.42 Å². The summed E-state index contributed by atoms with van der Waals surface area (Å²) < 4.78 is 0. The number of rotatable bonds is 4. The van der Waals surface area contributed by atoms with Crippen molar-refractivity contribution in [2.24, 2.45) is 16.8 Å². The Morgan fingerprint density at radius 2 is 2.11 bits per heavy atom. The van der Waals surface area contributed by atoms with E-state index in [-0.39, 0.29) is 5.75 Å². The van der Waals surface area contributed by atoms with Crippen molar-refractivity contribution in [3.05, 3.63) is 52.7 Å². The predicted octanol–water partition coefficient (Wildman–Crippen LogP) is 3.82. The molecule has 0 bridgehead atoms. The second kappa shape index (κ2) is 8.49. The molecule has 1 aromatic rings. The number of aliphatic imine (C=N–C) groups is 1. The van der Waals surface area contributed by atoms with E-state index in [0.717, 1.165) is 36.1 Å². The largest absolute Gasteiger partial charge is 0.508 e. The number of amidine groups is 1. The highest BCUT2D eigenvalue weighted by atomic mass is 35.5. The number of benzene rings is 1. The van der Waals surface area contributed by atoms with Gasteiger partial charge in [-0.05, 0) is 48.8 Å². The van der Waals surface area contributed by atoms with E-state index in [9.17, 15) is 10.4 Å². The smallest absolute Gasteiger partial charge is 0.197 e. The van der Waals surface area contributed by atoms with E-state index >= 15 is 0 Å². The van der Waals surface area contributed by atoms with Crippen LogP contribution in [0.2, 0.25) is 0 Å². The van der Waals surface area contributed by atoms with Crippen LogP contribution in [-0.4, -0.2) is 23.1 Å². The van der Waals surface area contributed by atoms with E-state index in [1.54, 1.807) is 12.1 Å². The lowest BCUT2D eigenvalue weighted by molar-refractivity contribution is 0.433. The molecule has 0 saturated carbocycles. The molecular formula is C21H25ClN4O. The van der Waals surface area contributed by atoms with E-state index in [2.05, 4.69) is 41.6 Å². The highest BCUT2D eigenvalue weighted by Gasteiger charge is 2.28. The maximum absolute atomic E-state index is 9.75. The topological polar surface area (TPSA) is 80.4 Å². The molecule has 27 heavy (non-hydrogen) atoms. The van der Waals surface area contributed by atoms with Gasteiger partial charge < -0.3 is 15.7 Å². The van der Waals surface area contributed by atoms with Gasteiger partial charge in [0.05, 0.1) is 17.2 Å². The second-order valence-electron chi connectivity index (χ2n) is 7.29. The lowest BCUT2D eigenvalue weighted by Gasteiger charge is -2.25. The van der Waals surface area contributed by atoms with Gasteiger partial charge in [0.1, 0.15) is 11.6 Å². The number of nitrogens with zero attached hydrogens (tertiary/aromatic N) is 2. The van der Waals surface area contributed by atoms with Gasteiger partial charge in [-0.2, -0.15) is 5.26 Å². The SMILES string of the molecule is CC(C)C1C=C(C#N)C2=C(CC1)NC(Cl)N=C2NCCc1ccc(O)cc1. The van der Waals surface area contributed by atoms with E-state index in [1.807, 2.05) is 12.1 Å². The second-order valence-corrected chi connectivity index (χ2v) is 7.71. The first kappa shape index (κ1) is 19.3. The predicted molar refractivity (Wildman–Crippen MR) is 108 cm³/mol. The summed E-state index contributed by atoms with van der Waals surface area (Å²) in [6, 6.07) is 9.52. The molecule has 0 fully saturated rings. The Kier molecular flexibility index (Phi) is 6.08. The molecule has 1 heterocycles. The first-order chi connectivity index (χ1) is 13.0. The number of aromatic hydroxyl groups is 1. The number of halogens is 1. The molecule has 0 radical (unpaired) electrons. The molecule has 2 unspecified atom stereocenters. The van der Waals surface area contributed by atoms with Crippen LogP contribution in [0.5, 0.6) is 5.75 Å². The molecule has 0 saturated heterocycles. The number of allylic oxidation sites excluding steroid dienone is 2. The molecule has 142 valence electrons. The Bertz CT molecular complexity index is 818. The van der Waals surface area contributed by atoms with Crippen LogP contribution in [0.4, 0.5) is 0 Å². The summed E-state index contributed by atoms with van der Waals surface area (Å²) in [5.41, 5.74) is 3.09. The molecule has 1 aliphatic carbocycles. The first-order valence-corrected chi connectivity index (χ1v) is 9.77. The fourth-order valence-electron chi connectivity index (χ4n) is 3.49. The number of alkyl halides is 1. The number of hydrogen-bond donors (Lipinski definition) is 3. The molecular weight excluding hydrogens is 360 g/mol. The third kappa shape index (κ3) is 4.64. The average Bonchev–Trinajstić information content (AvgIpc) is 2.82. The number of hydrogen-bond acceptors (Lipinski definition) is 5. The zero-order valence-electron chi connectivity index (χ0n) is 15.7. The van der Waals surface area contributed by atoms with E-state index in [1.165, 1.54) is 0 Å². The Morgan fingerprint density at radius 1 is 1.37 bits per heavy atom.